The van der Waals surface area contributed by atoms with E-state index in [1.165, 1.54) is 0 Å². The van der Waals surface area contributed by atoms with E-state index in [9.17, 15) is 4.79 Å². The number of aliphatic imine (C=N–C) groups is 1. The van der Waals surface area contributed by atoms with Gasteiger partial charge in [0, 0.05) is 39.6 Å². The van der Waals surface area contributed by atoms with Gasteiger partial charge in [-0.15, -0.1) is 0 Å². The normalized spacial score (nSPS) is 14.5. The third-order valence-corrected chi connectivity index (χ3v) is 4.37. The minimum absolute atomic E-state index is 0.158. The molecule has 0 atom stereocenters. The van der Waals surface area contributed by atoms with Crippen molar-refractivity contribution < 1.29 is 4.79 Å². The van der Waals surface area contributed by atoms with Crippen LogP contribution in [0.2, 0.25) is 10.0 Å². The van der Waals surface area contributed by atoms with Crippen LogP contribution in [-0.2, 0) is 11.3 Å². The molecule has 1 fully saturated rings. The minimum Gasteiger partial charge on any atom is -0.354 e. The maximum atomic E-state index is 11.6. The van der Waals surface area contributed by atoms with Crippen LogP contribution in [-0.4, -0.2) is 44.0 Å². The van der Waals surface area contributed by atoms with Crippen LogP contribution in [0.15, 0.2) is 23.2 Å². The van der Waals surface area contributed by atoms with Crippen LogP contribution in [0.1, 0.15) is 18.4 Å². The molecule has 2 rings (SSSR count). The van der Waals surface area contributed by atoms with Crippen molar-refractivity contribution in [3.8, 4) is 0 Å². The lowest BCUT2D eigenvalue weighted by molar-refractivity contribution is -0.122. The summed E-state index contributed by atoms with van der Waals surface area (Å²) in [5, 5.41) is 7.24. The quantitative estimate of drug-likeness (QED) is 0.467. The van der Waals surface area contributed by atoms with E-state index in [0.29, 0.717) is 29.7 Å². The highest BCUT2D eigenvalue weighted by Gasteiger charge is 2.28. The molecule has 126 valence electrons. The molecule has 1 amide bonds. The first-order valence-corrected chi connectivity index (χ1v) is 8.40. The van der Waals surface area contributed by atoms with Gasteiger partial charge in [0.25, 0.3) is 0 Å². The van der Waals surface area contributed by atoms with Gasteiger partial charge in [-0.25, -0.2) is 0 Å². The highest BCUT2D eigenvalue weighted by Crippen LogP contribution is 2.28. The predicted molar refractivity (Wildman–Crippen MR) is 95.0 cm³/mol. The Morgan fingerprint density at radius 3 is 2.57 bits per heavy atom. The SMILES string of the molecule is CN=C(NCCNC(=O)C1CC1)N(C)Cc1ccc(Cl)c(Cl)c1. The summed E-state index contributed by atoms with van der Waals surface area (Å²) in [6.07, 6.45) is 2.04. The fourth-order valence-corrected chi connectivity index (χ4v) is 2.54. The molecule has 5 nitrogen and oxygen atoms in total. The molecule has 0 radical (unpaired) electrons. The first kappa shape index (κ1) is 17.9. The zero-order valence-electron chi connectivity index (χ0n) is 13.4. The molecule has 0 saturated heterocycles. The van der Waals surface area contributed by atoms with Crippen molar-refractivity contribution in [2.24, 2.45) is 10.9 Å². The lowest BCUT2D eigenvalue weighted by Crippen LogP contribution is -2.42. The van der Waals surface area contributed by atoms with E-state index in [2.05, 4.69) is 15.6 Å². The largest absolute Gasteiger partial charge is 0.354 e. The number of carbonyl (C=O) groups excluding carboxylic acids is 1. The summed E-state index contributed by atoms with van der Waals surface area (Å²) < 4.78 is 0. The van der Waals surface area contributed by atoms with E-state index in [1.807, 2.05) is 24.1 Å². The molecule has 0 spiro atoms. The maximum absolute atomic E-state index is 11.6. The Bertz CT molecular complexity index is 587. The predicted octanol–water partition coefficient (Wildman–Crippen LogP) is 2.53. The van der Waals surface area contributed by atoms with Gasteiger partial charge in [-0.1, -0.05) is 29.3 Å². The van der Waals surface area contributed by atoms with Crippen LogP contribution in [0.4, 0.5) is 0 Å². The van der Waals surface area contributed by atoms with E-state index in [1.54, 1.807) is 13.1 Å². The van der Waals surface area contributed by atoms with Gasteiger partial charge in [-0.05, 0) is 30.5 Å². The Morgan fingerprint density at radius 2 is 1.96 bits per heavy atom. The van der Waals surface area contributed by atoms with Crippen molar-refractivity contribution in [3.63, 3.8) is 0 Å². The summed E-state index contributed by atoms with van der Waals surface area (Å²) in [4.78, 5) is 17.8. The van der Waals surface area contributed by atoms with E-state index >= 15 is 0 Å². The number of halogens is 2. The van der Waals surface area contributed by atoms with Gasteiger partial charge in [-0.3, -0.25) is 9.79 Å². The number of rotatable bonds is 6. The number of hydrogen-bond donors (Lipinski definition) is 2. The van der Waals surface area contributed by atoms with E-state index in [0.717, 1.165) is 24.4 Å². The summed E-state index contributed by atoms with van der Waals surface area (Å²) in [5.74, 6) is 1.16. The second kappa shape index (κ2) is 8.41. The van der Waals surface area contributed by atoms with Gasteiger partial charge in [0.2, 0.25) is 5.91 Å². The standard InChI is InChI=1S/C16H22Cl2N4O/c1-19-16(21-8-7-20-15(23)12-4-5-12)22(2)10-11-3-6-13(17)14(18)9-11/h3,6,9,12H,4-5,7-8,10H2,1-2H3,(H,19,21)(H,20,23). The molecule has 7 heteroatoms. The molecule has 0 aromatic heterocycles. The van der Waals surface area contributed by atoms with Crippen LogP contribution < -0.4 is 10.6 Å². The molecule has 1 saturated carbocycles. The Hall–Kier alpha value is -1.46. The molecular formula is C16H22Cl2N4O. The Balaban J connectivity index is 1.77. The lowest BCUT2D eigenvalue weighted by Gasteiger charge is -2.22. The summed E-state index contributed by atoms with van der Waals surface area (Å²) >= 11 is 12.0. The summed E-state index contributed by atoms with van der Waals surface area (Å²) in [5.41, 5.74) is 1.05. The van der Waals surface area contributed by atoms with Crippen molar-refractivity contribution in [1.82, 2.24) is 15.5 Å². The number of guanidine groups is 1. The van der Waals surface area contributed by atoms with E-state index in [-0.39, 0.29) is 11.8 Å². The van der Waals surface area contributed by atoms with Gasteiger partial charge in [-0.2, -0.15) is 0 Å². The van der Waals surface area contributed by atoms with E-state index in [4.69, 9.17) is 23.2 Å². The van der Waals surface area contributed by atoms with Crippen LogP contribution >= 0.6 is 23.2 Å². The Morgan fingerprint density at radius 1 is 1.26 bits per heavy atom. The maximum Gasteiger partial charge on any atom is 0.223 e. The average Bonchev–Trinajstić information content (AvgIpc) is 3.35. The smallest absolute Gasteiger partial charge is 0.223 e. The first-order valence-electron chi connectivity index (χ1n) is 7.64. The molecule has 0 aliphatic heterocycles. The molecule has 0 bridgehead atoms. The number of benzene rings is 1. The highest BCUT2D eigenvalue weighted by atomic mass is 35.5. The topological polar surface area (TPSA) is 56.7 Å². The molecule has 1 aromatic rings. The number of carbonyl (C=O) groups is 1. The van der Waals surface area contributed by atoms with E-state index < -0.39 is 0 Å². The molecule has 23 heavy (non-hydrogen) atoms. The van der Waals surface area contributed by atoms with Crippen molar-refractivity contribution in [2.45, 2.75) is 19.4 Å². The second-order valence-corrected chi connectivity index (χ2v) is 6.46. The minimum atomic E-state index is 0.158. The molecule has 1 aliphatic rings. The van der Waals surface area contributed by atoms with Crippen molar-refractivity contribution in [2.75, 3.05) is 27.2 Å². The van der Waals surface area contributed by atoms with Gasteiger partial charge in [0.05, 0.1) is 10.0 Å². The Kier molecular flexibility index (Phi) is 6.54. The lowest BCUT2D eigenvalue weighted by atomic mass is 10.2. The molecule has 2 N–H and O–H groups in total. The fraction of sp³-hybridized carbons (Fsp3) is 0.500. The second-order valence-electron chi connectivity index (χ2n) is 5.64. The zero-order valence-corrected chi connectivity index (χ0v) is 14.9. The summed E-state index contributed by atoms with van der Waals surface area (Å²) in [6, 6.07) is 5.58. The number of hydrogen-bond acceptors (Lipinski definition) is 2. The fourth-order valence-electron chi connectivity index (χ4n) is 2.22. The first-order chi connectivity index (χ1) is 11.0. The number of amides is 1. The van der Waals surface area contributed by atoms with Crippen LogP contribution in [0.25, 0.3) is 0 Å². The molecular weight excluding hydrogens is 335 g/mol. The van der Waals surface area contributed by atoms with Gasteiger partial charge in [0.15, 0.2) is 5.96 Å². The molecule has 1 aliphatic carbocycles. The number of nitrogens with one attached hydrogen (secondary N) is 2. The highest BCUT2D eigenvalue weighted by molar-refractivity contribution is 6.42. The Labute approximate surface area is 147 Å². The van der Waals surface area contributed by atoms with Crippen molar-refractivity contribution in [1.29, 1.82) is 0 Å². The third-order valence-electron chi connectivity index (χ3n) is 3.63. The van der Waals surface area contributed by atoms with Crippen molar-refractivity contribution >= 4 is 35.1 Å². The summed E-state index contributed by atoms with van der Waals surface area (Å²) in [7, 11) is 3.68. The summed E-state index contributed by atoms with van der Waals surface area (Å²) in [6.45, 7) is 1.89. The average molecular weight is 357 g/mol. The third kappa shape index (κ3) is 5.59. The van der Waals surface area contributed by atoms with Crippen LogP contribution in [0.5, 0.6) is 0 Å². The molecule has 0 unspecified atom stereocenters. The van der Waals surface area contributed by atoms with Crippen LogP contribution in [0, 0.1) is 5.92 Å². The zero-order chi connectivity index (χ0) is 16.8. The molecule has 1 aromatic carbocycles. The van der Waals surface area contributed by atoms with Gasteiger partial charge < -0.3 is 15.5 Å². The van der Waals surface area contributed by atoms with Crippen molar-refractivity contribution in [3.05, 3.63) is 33.8 Å². The molecule has 0 heterocycles. The van der Waals surface area contributed by atoms with Gasteiger partial charge >= 0.3 is 0 Å². The monoisotopic (exact) mass is 356 g/mol. The van der Waals surface area contributed by atoms with Crippen LogP contribution in [0.3, 0.4) is 0 Å². The van der Waals surface area contributed by atoms with Gasteiger partial charge in [0.1, 0.15) is 0 Å². The number of nitrogens with zero attached hydrogens (tertiary/aromatic N) is 2.